The second-order valence-electron chi connectivity index (χ2n) is 6.27. The van der Waals surface area contributed by atoms with Crippen LogP contribution in [-0.4, -0.2) is 25.0 Å². The second kappa shape index (κ2) is 6.62. The third-order valence-electron chi connectivity index (χ3n) is 5.03. The highest BCUT2D eigenvalue weighted by Gasteiger charge is 2.25. The summed E-state index contributed by atoms with van der Waals surface area (Å²) in [6, 6.07) is 13.3. The summed E-state index contributed by atoms with van der Waals surface area (Å²) in [6.45, 7) is 6.33. The molecule has 0 fully saturated rings. The average molecular weight is 323 g/mol. The van der Waals surface area contributed by atoms with Crippen molar-refractivity contribution >= 4 is 11.4 Å². The third kappa shape index (κ3) is 2.88. The molecule has 2 aromatic carbocycles. The van der Waals surface area contributed by atoms with Gasteiger partial charge in [0.05, 0.1) is 17.3 Å². The van der Waals surface area contributed by atoms with E-state index in [2.05, 4.69) is 24.8 Å². The predicted octanol–water partition coefficient (Wildman–Crippen LogP) is 4.40. The van der Waals surface area contributed by atoms with Gasteiger partial charge >= 0.3 is 0 Å². The summed E-state index contributed by atoms with van der Waals surface area (Å²) in [5, 5.41) is 8.91. The molecular formula is C20H22FN3. The number of anilines is 2. The van der Waals surface area contributed by atoms with Crippen LogP contribution in [0.2, 0.25) is 0 Å². The molecular weight excluding hydrogens is 301 g/mol. The average Bonchev–Trinajstić information content (AvgIpc) is 2.61. The van der Waals surface area contributed by atoms with Gasteiger partial charge in [0.25, 0.3) is 0 Å². The minimum Gasteiger partial charge on any atom is -0.342 e. The van der Waals surface area contributed by atoms with Gasteiger partial charge in [0.1, 0.15) is 5.82 Å². The Balaban J connectivity index is 1.99. The standard InChI is InChI=1S/C20H22FN3/c1-4-24-10-9-16-11-19(21)20(12-18(16)14(24)2)23(3)17-7-5-15(13-22)6-8-17/h5-8,11-12,14H,4,9-10H2,1-3H3. The fourth-order valence-corrected chi connectivity index (χ4v) is 3.47. The van der Waals surface area contributed by atoms with Crippen molar-refractivity contribution in [3.05, 3.63) is 58.9 Å². The van der Waals surface area contributed by atoms with Gasteiger partial charge < -0.3 is 4.90 Å². The van der Waals surface area contributed by atoms with E-state index in [0.717, 1.165) is 30.8 Å². The van der Waals surface area contributed by atoms with Crippen LogP contribution >= 0.6 is 0 Å². The molecule has 0 aliphatic carbocycles. The number of hydrogen-bond acceptors (Lipinski definition) is 3. The Hall–Kier alpha value is -2.38. The number of nitriles is 1. The van der Waals surface area contributed by atoms with Crippen molar-refractivity contribution in [3.8, 4) is 6.07 Å². The van der Waals surface area contributed by atoms with Crippen LogP contribution < -0.4 is 4.90 Å². The molecule has 24 heavy (non-hydrogen) atoms. The quantitative estimate of drug-likeness (QED) is 0.838. The molecule has 0 bridgehead atoms. The van der Waals surface area contributed by atoms with Crippen LogP contribution in [-0.2, 0) is 6.42 Å². The maximum Gasteiger partial charge on any atom is 0.147 e. The SMILES string of the molecule is CCN1CCc2cc(F)c(N(C)c3ccc(C#N)cc3)cc2C1C. The van der Waals surface area contributed by atoms with Crippen LogP contribution in [0.1, 0.15) is 36.6 Å². The number of nitrogens with zero attached hydrogens (tertiary/aromatic N) is 3. The molecule has 1 aliphatic rings. The summed E-state index contributed by atoms with van der Waals surface area (Å²) in [7, 11) is 1.86. The Kier molecular flexibility index (Phi) is 4.55. The molecule has 1 aliphatic heterocycles. The molecule has 1 unspecified atom stereocenters. The van der Waals surface area contributed by atoms with Crippen molar-refractivity contribution in [2.24, 2.45) is 0 Å². The van der Waals surface area contributed by atoms with Crippen molar-refractivity contribution in [2.45, 2.75) is 26.3 Å². The first-order valence-electron chi connectivity index (χ1n) is 8.35. The van der Waals surface area contributed by atoms with Crippen LogP contribution in [0, 0.1) is 17.1 Å². The maximum absolute atomic E-state index is 14.7. The molecule has 1 atom stereocenters. The number of hydrogen-bond donors (Lipinski definition) is 0. The zero-order valence-electron chi connectivity index (χ0n) is 14.4. The molecule has 3 rings (SSSR count). The largest absolute Gasteiger partial charge is 0.342 e. The monoisotopic (exact) mass is 323 g/mol. The van der Waals surface area contributed by atoms with Gasteiger partial charge in [-0.05, 0) is 67.4 Å². The fraction of sp³-hybridized carbons (Fsp3) is 0.350. The normalized spacial score (nSPS) is 17.2. The molecule has 0 spiro atoms. The molecule has 4 heteroatoms. The number of halogens is 1. The second-order valence-corrected chi connectivity index (χ2v) is 6.27. The highest BCUT2D eigenvalue weighted by atomic mass is 19.1. The minimum atomic E-state index is -0.197. The van der Waals surface area contributed by atoms with Crippen LogP contribution in [0.3, 0.4) is 0 Å². The summed E-state index contributed by atoms with van der Waals surface area (Å²) in [4.78, 5) is 4.25. The maximum atomic E-state index is 14.7. The lowest BCUT2D eigenvalue weighted by molar-refractivity contribution is 0.209. The summed E-state index contributed by atoms with van der Waals surface area (Å²) in [5.74, 6) is -0.197. The van der Waals surface area contributed by atoms with Crippen LogP contribution in [0.5, 0.6) is 0 Å². The Labute approximate surface area is 142 Å². The Bertz CT molecular complexity index is 777. The molecule has 0 aromatic heterocycles. The van der Waals surface area contributed by atoms with Gasteiger partial charge in [-0.25, -0.2) is 4.39 Å². The van der Waals surface area contributed by atoms with E-state index >= 15 is 0 Å². The molecule has 124 valence electrons. The van der Waals surface area contributed by atoms with Gasteiger partial charge in [-0.3, -0.25) is 4.90 Å². The lowest BCUT2D eigenvalue weighted by Gasteiger charge is -2.35. The first-order chi connectivity index (χ1) is 11.5. The van der Waals surface area contributed by atoms with Crippen molar-refractivity contribution < 1.29 is 4.39 Å². The number of benzene rings is 2. The van der Waals surface area contributed by atoms with Crippen LogP contribution in [0.15, 0.2) is 36.4 Å². The first-order valence-corrected chi connectivity index (χ1v) is 8.35. The van der Waals surface area contributed by atoms with Crippen LogP contribution in [0.25, 0.3) is 0 Å². The van der Waals surface area contributed by atoms with E-state index in [0.29, 0.717) is 17.3 Å². The lowest BCUT2D eigenvalue weighted by atomic mass is 9.92. The van der Waals surface area contributed by atoms with Crippen molar-refractivity contribution in [2.75, 3.05) is 25.0 Å². The number of fused-ring (bicyclic) bond motifs is 1. The van der Waals surface area contributed by atoms with E-state index < -0.39 is 0 Å². The number of likely N-dealkylation sites (N-methyl/N-ethyl adjacent to an activating group) is 1. The molecule has 3 nitrogen and oxygen atoms in total. The van der Waals surface area contributed by atoms with Crippen LogP contribution in [0.4, 0.5) is 15.8 Å². The van der Waals surface area contributed by atoms with Crippen molar-refractivity contribution in [1.82, 2.24) is 4.90 Å². The van der Waals surface area contributed by atoms with Crippen molar-refractivity contribution in [1.29, 1.82) is 5.26 Å². The van der Waals surface area contributed by atoms with Crippen molar-refractivity contribution in [3.63, 3.8) is 0 Å². The fourth-order valence-electron chi connectivity index (χ4n) is 3.47. The van der Waals surface area contributed by atoms with E-state index in [1.807, 2.05) is 30.1 Å². The highest BCUT2D eigenvalue weighted by molar-refractivity contribution is 5.65. The van der Waals surface area contributed by atoms with Gasteiger partial charge in [0.15, 0.2) is 0 Å². The van der Waals surface area contributed by atoms with E-state index in [4.69, 9.17) is 5.26 Å². The van der Waals surface area contributed by atoms with E-state index in [1.54, 1.807) is 18.2 Å². The molecule has 0 amide bonds. The van der Waals surface area contributed by atoms with E-state index in [9.17, 15) is 4.39 Å². The third-order valence-corrected chi connectivity index (χ3v) is 5.03. The number of rotatable bonds is 3. The van der Waals surface area contributed by atoms with Gasteiger partial charge in [0.2, 0.25) is 0 Å². The molecule has 0 saturated carbocycles. The molecule has 0 N–H and O–H groups in total. The van der Waals surface area contributed by atoms with E-state index in [-0.39, 0.29) is 5.82 Å². The van der Waals surface area contributed by atoms with Gasteiger partial charge in [-0.1, -0.05) is 6.92 Å². The first kappa shape index (κ1) is 16.5. The summed E-state index contributed by atoms with van der Waals surface area (Å²) in [6.07, 6.45) is 0.894. The Morgan fingerprint density at radius 2 is 2.00 bits per heavy atom. The van der Waals surface area contributed by atoms with Gasteiger partial charge in [-0.15, -0.1) is 0 Å². The molecule has 0 saturated heterocycles. The molecule has 2 aromatic rings. The minimum absolute atomic E-state index is 0.197. The Morgan fingerprint density at radius 1 is 1.29 bits per heavy atom. The topological polar surface area (TPSA) is 30.3 Å². The Morgan fingerprint density at radius 3 is 2.62 bits per heavy atom. The van der Waals surface area contributed by atoms with Gasteiger partial charge in [-0.2, -0.15) is 5.26 Å². The smallest absolute Gasteiger partial charge is 0.147 e. The van der Waals surface area contributed by atoms with E-state index in [1.165, 1.54) is 5.56 Å². The highest BCUT2D eigenvalue weighted by Crippen LogP contribution is 2.35. The molecule has 1 heterocycles. The zero-order valence-corrected chi connectivity index (χ0v) is 14.4. The van der Waals surface area contributed by atoms with Gasteiger partial charge in [0, 0.05) is 25.3 Å². The lowest BCUT2D eigenvalue weighted by Crippen LogP contribution is -2.34. The predicted molar refractivity (Wildman–Crippen MR) is 95.0 cm³/mol. The summed E-state index contributed by atoms with van der Waals surface area (Å²) in [5.41, 5.74) is 4.36. The summed E-state index contributed by atoms with van der Waals surface area (Å²) < 4.78 is 14.7. The molecule has 0 radical (unpaired) electrons. The summed E-state index contributed by atoms with van der Waals surface area (Å²) >= 11 is 0. The zero-order chi connectivity index (χ0) is 17.3.